The van der Waals surface area contributed by atoms with Gasteiger partial charge in [-0.05, 0) is 44.0 Å². The maximum absolute atomic E-state index is 13.6. The first-order valence-corrected chi connectivity index (χ1v) is 11.2. The predicted octanol–water partition coefficient (Wildman–Crippen LogP) is 2.84. The third-order valence-electron chi connectivity index (χ3n) is 5.19. The van der Waals surface area contributed by atoms with Crippen LogP contribution in [-0.2, 0) is 16.4 Å². The fourth-order valence-corrected chi connectivity index (χ4v) is 5.16. The van der Waals surface area contributed by atoms with E-state index in [1.54, 1.807) is 19.1 Å². The van der Waals surface area contributed by atoms with Gasteiger partial charge in [0, 0.05) is 38.3 Å². The Morgan fingerprint density at radius 1 is 1.03 bits per heavy atom. The summed E-state index contributed by atoms with van der Waals surface area (Å²) >= 11 is 0. The van der Waals surface area contributed by atoms with E-state index in [0.717, 1.165) is 5.56 Å². The molecule has 0 atom stereocenters. The van der Waals surface area contributed by atoms with Crippen LogP contribution >= 0.6 is 0 Å². The van der Waals surface area contributed by atoms with E-state index in [1.165, 1.54) is 27.4 Å². The second-order valence-electron chi connectivity index (χ2n) is 7.34. The first-order valence-electron chi connectivity index (χ1n) is 9.73. The Morgan fingerprint density at radius 2 is 1.67 bits per heavy atom. The minimum absolute atomic E-state index is 0.0330. The number of hydrogen-bond donors (Lipinski definition) is 1. The van der Waals surface area contributed by atoms with Crippen LogP contribution in [0.3, 0.4) is 0 Å². The van der Waals surface area contributed by atoms with Crippen LogP contribution in [0.4, 0.5) is 13.6 Å². The fourth-order valence-electron chi connectivity index (χ4n) is 3.54. The summed E-state index contributed by atoms with van der Waals surface area (Å²) in [6.07, 6.45) is 0.0330. The molecule has 0 saturated carbocycles. The van der Waals surface area contributed by atoms with E-state index in [0.29, 0.717) is 5.56 Å². The molecule has 0 bridgehead atoms. The quantitative estimate of drug-likeness (QED) is 0.782. The van der Waals surface area contributed by atoms with Gasteiger partial charge in [-0.2, -0.15) is 4.31 Å². The number of urea groups is 1. The van der Waals surface area contributed by atoms with E-state index in [-0.39, 0.29) is 55.6 Å². The third-order valence-corrected chi connectivity index (χ3v) is 7.25. The average Bonchev–Trinajstić information content (AvgIpc) is 2.70. The highest BCUT2D eigenvalue weighted by Gasteiger charge is 2.31. The molecule has 2 aromatic carbocycles. The Balaban J connectivity index is 1.54. The number of benzene rings is 2. The standard InChI is InChI=1S/C21H25F2N3O3S/c1-15-6-7-20(16(2)14-15)30(28,29)26-12-10-25(11-13-26)21(27)24-9-8-17-18(22)4-3-5-19(17)23/h3-7,14H,8-13H2,1-2H3,(H,24,27). The molecule has 1 aliphatic rings. The molecule has 1 aliphatic heterocycles. The summed E-state index contributed by atoms with van der Waals surface area (Å²) in [6.45, 7) is 4.60. The van der Waals surface area contributed by atoms with Crippen LogP contribution in [0.25, 0.3) is 0 Å². The number of rotatable bonds is 5. The average molecular weight is 438 g/mol. The number of nitrogens with one attached hydrogen (secondary N) is 1. The summed E-state index contributed by atoms with van der Waals surface area (Å²) < 4.78 is 54.5. The fraction of sp³-hybridized carbons (Fsp3) is 0.381. The first kappa shape index (κ1) is 22.2. The van der Waals surface area contributed by atoms with Crippen LogP contribution in [0.2, 0.25) is 0 Å². The van der Waals surface area contributed by atoms with E-state index in [9.17, 15) is 22.0 Å². The van der Waals surface area contributed by atoms with Gasteiger partial charge in [-0.15, -0.1) is 0 Å². The van der Waals surface area contributed by atoms with Gasteiger partial charge < -0.3 is 10.2 Å². The predicted molar refractivity (Wildman–Crippen MR) is 110 cm³/mol. The summed E-state index contributed by atoms with van der Waals surface area (Å²) in [5.74, 6) is -1.29. The molecule has 162 valence electrons. The first-order chi connectivity index (χ1) is 14.2. The molecule has 2 aromatic rings. The van der Waals surface area contributed by atoms with Crippen molar-refractivity contribution < 1.29 is 22.0 Å². The van der Waals surface area contributed by atoms with Gasteiger partial charge in [0.1, 0.15) is 11.6 Å². The number of aryl methyl sites for hydroxylation is 2. The van der Waals surface area contributed by atoms with Gasteiger partial charge in [-0.25, -0.2) is 22.0 Å². The van der Waals surface area contributed by atoms with Crippen molar-refractivity contribution in [1.82, 2.24) is 14.5 Å². The zero-order valence-electron chi connectivity index (χ0n) is 17.0. The highest BCUT2D eigenvalue weighted by molar-refractivity contribution is 7.89. The Labute approximate surface area is 175 Å². The van der Waals surface area contributed by atoms with E-state index in [1.807, 2.05) is 13.0 Å². The molecule has 0 unspecified atom stereocenters. The summed E-state index contributed by atoms with van der Waals surface area (Å²) in [6, 6.07) is 8.47. The van der Waals surface area contributed by atoms with Crippen LogP contribution in [-0.4, -0.2) is 56.4 Å². The summed E-state index contributed by atoms with van der Waals surface area (Å²) in [4.78, 5) is 14.1. The zero-order valence-corrected chi connectivity index (χ0v) is 17.8. The molecule has 3 rings (SSSR count). The molecule has 0 radical (unpaired) electrons. The van der Waals surface area contributed by atoms with Gasteiger partial charge in [0.15, 0.2) is 0 Å². The topological polar surface area (TPSA) is 69.7 Å². The Kier molecular flexibility index (Phi) is 6.72. The lowest BCUT2D eigenvalue weighted by Crippen LogP contribution is -2.53. The van der Waals surface area contributed by atoms with Crippen molar-refractivity contribution in [1.29, 1.82) is 0 Å². The van der Waals surface area contributed by atoms with Crippen LogP contribution in [0.15, 0.2) is 41.3 Å². The molecule has 30 heavy (non-hydrogen) atoms. The van der Waals surface area contributed by atoms with Crippen molar-refractivity contribution in [3.63, 3.8) is 0 Å². The van der Waals surface area contributed by atoms with E-state index >= 15 is 0 Å². The highest BCUT2D eigenvalue weighted by atomic mass is 32.2. The Hall–Kier alpha value is -2.52. The lowest BCUT2D eigenvalue weighted by atomic mass is 10.1. The molecular weight excluding hydrogens is 412 g/mol. The van der Waals surface area contributed by atoms with Gasteiger partial charge in [0.25, 0.3) is 0 Å². The second-order valence-corrected chi connectivity index (χ2v) is 9.25. The SMILES string of the molecule is Cc1ccc(S(=O)(=O)N2CCN(C(=O)NCCc3c(F)cccc3F)CC2)c(C)c1. The van der Waals surface area contributed by atoms with Crippen LogP contribution in [0.1, 0.15) is 16.7 Å². The summed E-state index contributed by atoms with van der Waals surface area (Å²) in [7, 11) is -3.63. The zero-order chi connectivity index (χ0) is 21.9. The van der Waals surface area contributed by atoms with E-state index in [4.69, 9.17) is 0 Å². The molecule has 0 aromatic heterocycles. The lowest BCUT2D eigenvalue weighted by Gasteiger charge is -2.34. The van der Waals surface area contributed by atoms with Gasteiger partial charge in [-0.1, -0.05) is 23.8 Å². The van der Waals surface area contributed by atoms with Gasteiger partial charge >= 0.3 is 6.03 Å². The highest BCUT2D eigenvalue weighted by Crippen LogP contribution is 2.22. The molecule has 0 spiro atoms. The number of carbonyl (C=O) groups excluding carboxylic acids is 1. The second kappa shape index (κ2) is 9.09. The maximum atomic E-state index is 13.6. The molecule has 0 aliphatic carbocycles. The molecule has 1 fully saturated rings. The van der Waals surface area contributed by atoms with Gasteiger partial charge in [-0.3, -0.25) is 0 Å². The minimum atomic E-state index is -3.63. The van der Waals surface area contributed by atoms with Crippen LogP contribution in [0.5, 0.6) is 0 Å². The van der Waals surface area contributed by atoms with Crippen molar-refractivity contribution in [2.45, 2.75) is 25.2 Å². The molecule has 1 heterocycles. The number of amides is 2. The van der Waals surface area contributed by atoms with Crippen molar-refractivity contribution >= 4 is 16.1 Å². The number of piperazine rings is 1. The molecular formula is C21H25F2N3O3S. The number of hydrogen-bond acceptors (Lipinski definition) is 3. The Morgan fingerprint density at radius 3 is 2.27 bits per heavy atom. The number of halogens is 2. The van der Waals surface area contributed by atoms with Crippen LogP contribution < -0.4 is 5.32 Å². The van der Waals surface area contributed by atoms with Crippen molar-refractivity contribution in [3.8, 4) is 0 Å². The molecule has 2 amide bonds. The largest absolute Gasteiger partial charge is 0.338 e. The Bertz CT molecular complexity index is 1020. The lowest BCUT2D eigenvalue weighted by molar-refractivity contribution is 0.172. The van der Waals surface area contributed by atoms with Crippen molar-refractivity contribution in [2.75, 3.05) is 32.7 Å². The third kappa shape index (κ3) is 4.79. The normalized spacial score (nSPS) is 15.3. The summed E-state index contributed by atoms with van der Waals surface area (Å²) in [5.41, 5.74) is 1.61. The molecule has 1 saturated heterocycles. The van der Waals surface area contributed by atoms with E-state index in [2.05, 4.69) is 5.32 Å². The molecule has 6 nitrogen and oxygen atoms in total. The monoisotopic (exact) mass is 437 g/mol. The number of nitrogens with zero attached hydrogens (tertiary/aromatic N) is 2. The smallest absolute Gasteiger partial charge is 0.317 e. The molecule has 1 N–H and O–H groups in total. The molecule has 9 heteroatoms. The van der Waals surface area contributed by atoms with Crippen molar-refractivity contribution in [2.24, 2.45) is 0 Å². The van der Waals surface area contributed by atoms with Crippen molar-refractivity contribution in [3.05, 3.63) is 64.7 Å². The maximum Gasteiger partial charge on any atom is 0.317 e. The number of carbonyl (C=O) groups is 1. The number of sulfonamides is 1. The van der Waals surface area contributed by atoms with Gasteiger partial charge in [0.2, 0.25) is 10.0 Å². The van der Waals surface area contributed by atoms with Crippen LogP contribution in [0, 0.1) is 25.5 Å². The van der Waals surface area contributed by atoms with E-state index < -0.39 is 21.7 Å². The van der Waals surface area contributed by atoms with Gasteiger partial charge in [0.05, 0.1) is 4.90 Å². The summed E-state index contributed by atoms with van der Waals surface area (Å²) in [5, 5.41) is 2.64. The minimum Gasteiger partial charge on any atom is -0.338 e.